The molecule has 2 heterocycles. The fraction of sp³-hybridized carbons (Fsp3) is 0.278. The summed E-state index contributed by atoms with van der Waals surface area (Å²) in [4.78, 5) is 23.7. The van der Waals surface area contributed by atoms with Crippen molar-refractivity contribution in [3.05, 3.63) is 46.1 Å². The summed E-state index contributed by atoms with van der Waals surface area (Å²) in [6.45, 7) is 1.84. The number of anilines is 1. The van der Waals surface area contributed by atoms with Crippen molar-refractivity contribution in [2.45, 2.75) is 32.6 Å². The Balaban J connectivity index is 1.66. The molecule has 0 saturated carbocycles. The van der Waals surface area contributed by atoms with Crippen LogP contribution in [0.3, 0.4) is 0 Å². The Morgan fingerprint density at radius 3 is 2.84 bits per heavy atom. The molecule has 0 fully saturated rings. The number of nitrogens with zero attached hydrogens (tertiary/aromatic N) is 2. The minimum atomic E-state index is -0.411. The largest absolute Gasteiger partial charge is 0.507 e. The normalized spacial score (nSPS) is 13.5. The second-order valence-electron chi connectivity index (χ2n) is 6.11. The fourth-order valence-electron chi connectivity index (χ4n) is 3.20. The highest BCUT2D eigenvalue weighted by molar-refractivity contribution is 7.19. The summed E-state index contributed by atoms with van der Waals surface area (Å²) in [6.07, 6.45) is 4.47. The van der Waals surface area contributed by atoms with Gasteiger partial charge in [-0.25, -0.2) is 9.97 Å². The van der Waals surface area contributed by atoms with Crippen molar-refractivity contribution in [1.82, 2.24) is 15.4 Å². The quantitative estimate of drug-likeness (QED) is 0.628. The van der Waals surface area contributed by atoms with Gasteiger partial charge in [-0.1, -0.05) is 12.1 Å². The van der Waals surface area contributed by atoms with Gasteiger partial charge in [0.05, 0.1) is 10.9 Å². The molecule has 0 saturated heterocycles. The lowest BCUT2D eigenvalue weighted by Crippen LogP contribution is -2.30. The summed E-state index contributed by atoms with van der Waals surface area (Å²) >= 11 is 1.72. The average molecular weight is 354 g/mol. The molecular weight excluding hydrogens is 336 g/mol. The van der Waals surface area contributed by atoms with Crippen LogP contribution in [0.2, 0.25) is 0 Å². The number of aromatic hydroxyl groups is 1. The first-order chi connectivity index (χ1) is 12.1. The van der Waals surface area contributed by atoms with Crippen LogP contribution in [0.4, 0.5) is 5.82 Å². The lowest BCUT2D eigenvalue weighted by molar-refractivity contribution is 0.0960. The zero-order valence-electron chi connectivity index (χ0n) is 13.8. The van der Waals surface area contributed by atoms with Crippen molar-refractivity contribution in [1.29, 1.82) is 0 Å². The maximum Gasteiger partial charge on any atom is 0.273 e. The predicted octanol–water partition coefficient (Wildman–Crippen LogP) is 3.34. The number of para-hydroxylation sites is 1. The SMILES string of the molecule is Cc1nc(NNC(=O)c2ccccc2O)c2c3c(sc2n1)CCCC3. The smallest absolute Gasteiger partial charge is 0.273 e. The first-order valence-corrected chi connectivity index (χ1v) is 9.08. The molecule has 3 N–H and O–H groups in total. The Labute approximate surface area is 148 Å². The Morgan fingerprint density at radius 1 is 1.20 bits per heavy atom. The molecule has 25 heavy (non-hydrogen) atoms. The van der Waals surface area contributed by atoms with Gasteiger partial charge in [-0.05, 0) is 50.3 Å². The Hall–Kier alpha value is -2.67. The van der Waals surface area contributed by atoms with E-state index in [-0.39, 0.29) is 11.3 Å². The van der Waals surface area contributed by atoms with E-state index in [0.717, 1.165) is 29.5 Å². The van der Waals surface area contributed by atoms with E-state index in [1.807, 2.05) is 6.92 Å². The van der Waals surface area contributed by atoms with Gasteiger partial charge in [0.15, 0.2) is 5.82 Å². The summed E-state index contributed by atoms with van der Waals surface area (Å²) in [5.74, 6) is 0.807. The second kappa shape index (κ2) is 6.33. The third-order valence-corrected chi connectivity index (χ3v) is 5.56. The van der Waals surface area contributed by atoms with E-state index in [2.05, 4.69) is 20.8 Å². The van der Waals surface area contributed by atoms with Gasteiger partial charge in [0.25, 0.3) is 5.91 Å². The molecule has 0 atom stereocenters. The zero-order valence-corrected chi connectivity index (χ0v) is 14.6. The molecule has 1 aliphatic carbocycles. The van der Waals surface area contributed by atoms with E-state index in [1.54, 1.807) is 29.5 Å². The highest BCUT2D eigenvalue weighted by atomic mass is 32.1. The number of phenols is 1. The lowest BCUT2D eigenvalue weighted by atomic mass is 9.97. The zero-order chi connectivity index (χ0) is 17.4. The van der Waals surface area contributed by atoms with Gasteiger partial charge >= 0.3 is 0 Å². The molecule has 128 valence electrons. The number of carbonyl (C=O) groups excluding carboxylic acids is 1. The van der Waals surface area contributed by atoms with Crippen LogP contribution in [0.15, 0.2) is 24.3 Å². The predicted molar refractivity (Wildman–Crippen MR) is 98.0 cm³/mol. The molecule has 0 bridgehead atoms. The number of nitrogens with one attached hydrogen (secondary N) is 2. The van der Waals surface area contributed by atoms with Crippen LogP contribution >= 0.6 is 11.3 Å². The summed E-state index contributed by atoms with van der Waals surface area (Å²) < 4.78 is 0. The third-order valence-electron chi connectivity index (χ3n) is 4.37. The molecule has 0 aliphatic heterocycles. The first kappa shape index (κ1) is 15.8. The van der Waals surface area contributed by atoms with Crippen molar-refractivity contribution < 1.29 is 9.90 Å². The van der Waals surface area contributed by atoms with Crippen LogP contribution < -0.4 is 10.9 Å². The molecule has 0 radical (unpaired) electrons. The van der Waals surface area contributed by atoms with Crippen LogP contribution in [-0.2, 0) is 12.8 Å². The van der Waals surface area contributed by atoms with Crippen LogP contribution in [0.25, 0.3) is 10.2 Å². The number of rotatable bonds is 3. The molecule has 1 aliphatic rings. The number of fused-ring (bicyclic) bond motifs is 3. The Kier molecular flexibility index (Phi) is 4.01. The third kappa shape index (κ3) is 2.91. The monoisotopic (exact) mass is 354 g/mol. The van der Waals surface area contributed by atoms with Gasteiger partial charge in [-0.3, -0.25) is 15.6 Å². The van der Waals surface area contributed by atoms with E-state index in [1.165, 1.54) is 22.9 Å². The van der Waals surface area contributed by atoms with Crippen molar-refractivity contribution in [2.24, 2.45) is 0 Å². The molecular formula is C18H18N4O2S. The number of thiophene rings is 1. The van der Waals surface area contributed by atoms with Crippen molar-refractivity contribution in [3.63, 3.8) is 0 Å². The maximum absolute atomic E-state index is 12.3. The molecule has 1 aromatic carbocycles. The van der Waals surface area contributed by atoms with Gasteiger partial charge in [0.1, 0.15) is 16.4 Å². The Morgan fingerprint density at radius 2 is 2.00 bits per heavy atom. The van der Waals surface area contributed by atoms with Gasteiger partial charge in [0.2, 0.25) is 0 Å². The highest BCUT2D eigenvalue weighted by Crippen LogP contribution is 2.38. The molecule has 0 unspecified atom stereocenters. The summed E-state index contributed by atoms with van der Waals surface area (Å²) in [5.41, 5.74) is 7.08. The maximum atomic E-state index is 12.3. The number of hydrazine groups is 1. The number of aromatic nitrogens is 2. The van der Waals surface area contributed by atoms with Gasteiger partial charge in [0, 0.05) is 4.88 Å². The van der Waals surface area contributed by atoms with Crippen LogP contribution in [0, 0.1) is 6.92 Å². The summed E-state index contributed by atoms with van der Waals surface area (Å²) in [7, 11) is 0. The van der Waals surface area contributed by atoms with Crippen LogP contribution in [0.1, 0.15) is 39.5 Å². The van der Waals surface area contributed by atoms with E-state index < -0.39 is 5.91 Å². The van der Waals surface area contributed by atoms with Crippen LogP contribution in [-0.4, -0.2) is 21.0 Å². The minimum absolute atomic E-state index is 0.0567. The number of benzene rings is 1. The molecule has 4 rings (SSSR count). The molecule has 0 spiro atoms. The highest BCUT2D eigenvalue weighted by Gasteiger charge is 2.21. The standard InChI is InChI=1S/C18H18N4O2S/c1-10-19-16(21-22-17(24)11-6-2-4-8-13(11)23)15-12-7-3-5-9-14(12)25-18(15)20-10/h2,4,6,8,23H,3,5,7,9H2,1H3,(H,22,24)(H,19,20,21). The van der Waals surface area contributed by atoms with Gasteiger partial charge < -0.3 is 5.11 Å². The van der Waals surface area contributed by atoms with Gasteiger partial charge in [-0.2, -0.15) is 0 Å². The molecule has 2 aromatic heterocycles. The topological polar surface area (TPSA) is 87.1 Å². The van der Waals surface area contributed by atoms with Crippen molar-refractivity contribution >= 4 is 33.3 Å². The molecule has 1 amide bonds. The summed E-state index contributed by atoms with van der Waals surface area (Å²) in [5, 5.41) is 10.8. The van der Waals surface area contributed by atoms with Gasteiger partial charge in [-0.15, -0.1) is 11.3 Å². The van der Waals surface area contributed by atoms with E-state index in [0.29, 0.717) is 11.6 Å². The van der Waals surface area contributed by atoms with E-state index in [4.69, 9.17) is 0 Å². The number of amides is 1. The Bertz CT molecular complexity index is 967. The van der Waals surface area contributed by atoms with E-state index >= 15 is 0 Å². The molecule has 7 heteroatoms. The first-order valence-electron chi connectivity index (χ1n) is 8.26. The number of carbonyl (C=O) groups is 1. The minimum Gasteiger partial charge on any atom is -0.507 e. The van der Waals surface area contributed by atoms with Crippen LogP contribution in [0.5, 0.6) is 5.75 Å². The fourth-order valence-corrected chi connectivity index (χ4v) is 4.51. The number of aryl methyl sites for hydroxylation is 3. The summed E-state index contributed by atoms with van der Waals surface area (Å²) in [6, 6.07) is 6.43. The lowest BCUT2D eigenvalue weighted by Gasteiger charge is -2.13. The molecule has 3 aromatic rings. The number of hydrogen-bond acceptors (Lipinski definition) is 6. The van der Waals surface area contributed by atoms with Crippen molar-refractivity contribution in [3.8, 4) is 5.75 Å². The average Bonchev–Trinajstić information content (AvgIpc) is 2.97. The number of hydrogen-bond donors (Lipinski definition) is 3. The second-order valence-corrected chi connectivity index (χ2v) is 7.19. The van der Waals surface area contributed by atoms with E-state index in [9.17, 15) is 9.90 Å². The van der Waals surface area contributed by atoms with Crippen molar-refractivity contribution in [2.75, 3.05) is 5.43 Å². The number of phenolic OH excluding ortho intramolecular Hbond substituents is 1. The molecule has 6 nitrogen and oxygen atoms in total.